The molecule has 2 nitrogen and oxygen atoms in total. The Hall–Kier alpha value is -1.61. The predicted octanol–water partition coefficient (Wildman–Crippen LogP) is 5.37. The molecule has 2 heterocycles. The van der Waals surface area contributed by atoms with E-state index in [0.29, 0.717) is 0 Å². The van der Waals surface area contributed by atoms with E-state index in [1.807, 2.05) is 6.20 Å². The molecule has 1 aromatic carbocycles. The molecule has 0 N–H and O–H groups in total. The van der Waals surface area contributed by atoms with Crippen LogP contribution >= 0.6 is 15.9 Å². The average Bonchev–Trinajstić information content (AvgIpc) is 2.82. The molecular weight excluding hydrogens is 324 g/mol. The quantitative estimate of drug-likeness (QED) is 0.581. The van der Waals surface area contributed by atoms with Gasteiger partial charge in [0.2, 0.25) is 0 Å². The third-order valence-electron chi connectivity index (χ3n) is 3.75. The van der Waals surface area contributed by atoms with Crippen LogP contribution in [-0.4, -0.2) is 9.38 Å². The van der Waals surface area contributed by atoms with E-state index in [2.05, 4.69) is 84.6 Å². The molecule has 0 spiro atoms. The van der Waals surface area contributed by atoms with Crippen LogP contribution in [0.5, 0.6) is 0 Å². The topological polar surface area (TPSA) is 17.3 Å². The minimum atomic E-state index is 0.179. The fraction of sp³-hybridized carbons (Fsp3) is 0.278. The normalized spacial score (nSPS) is 12.0. The van der Waals surface area contributed by atoms with Crippen molar-refractivity contribution in [2.24, 2.45) is 0 Å². The molecule has 0 unspecified atom stereocenters. The molecule has 21 heavy (non-hydrogen) atoms. The van der Waals surface area contributed by atoms with Crippen LogP contribution in [0.1, 0.15) is 31.9 Å². The third kappa shape index (κ3) is 2.75. The van der Waals surface area contributed by atoms with Crippen molar-refractivity contribution in [3.8, 4) is 11.3 Å². The summed E-state index contributed by atoms with van der Waals surface area (Å²) in [5.74, 6) is 0. The number of benzene rings is 1. The molecule has 0 saturated carbocycles. The smallest absolute Gasteiger partial charge is 0.140 e. The van der Waals surface area contributed by atoms with Gasteiger partial charge in [-0.05, 0) is 45.5 Å². The molecule has 0 fully saturated rings. The summed E-state index contributed by atoms with van der Waals surface area (Å²) in [6.07, 6.45) is 4.13. The zero-order valence-corrected chi connectivity index (χ0v) is 14.4. The number of imidazole rings is 1. The average molecular weight is 343 g/mol. The molecule has 0 aliphatic rings. The van der Waals surface area contributed by atoms with Crippen LogP contribution < -0.4 is 0 Å². The van der Waals surface area contributed by atoms with E-state index in [1.165, 1.54) is 11.1 Å². The van der Waals surface area contributed by atoms with E-state index in [9.17, 15) is 0 Å². The number of halogens is 1. The Labute approximate surface area is 134 Å². The summed E-state index contributed by atoms with van der Waals surface area (Å²) in [5, 5.41) is 0. The van der Waals surface area contributed by atoms with Gasteiger partial charge in [0.25, 0.3) is 0 Å². The second-order valence-corrected chi connectivity index (χ2v) is 7.44. The molecule has 3 rings (SSSR count). The monoisotopic (exact) mass is 342 g/mol. The number of pyridine rings is 1. The number of nitrogens with zero attached hydrogens (tertiary/aromatic N) is 2. The molecule has 0 atom stereocenters. The second kappa shape index (κ2) is 4.99. The first-order valence-corrected chi connectivity index (χ1v) is 7.90. The van der Waals surface area contributed by atoms with Crippen molar-refractivity contribution in [2.45, 2.75) is 33.1 Å². The fourth-order valence-electron chi connectivity index (χ4n) is 2.51. The van der Waals surface area contributed by atoms with Crippen molar-refractivity contribution in [2.75, 3.05) is 0 Å². The van der Waals surface area contributed by atoms with Crippen molar-refractivity contribution in [3.05, 3.63) is 58.3 Å². The molecule has 108 valence electrons. The van der Waals surface area contributed by atoms with Gasteiger partial charge in [0.05, 0.1) is 5.69 Å². The van der Waals surface area contributed by atoms with Crippen LogP contribution in [0.3, 0.4) is 0 Å². The molecule has 0 saturated heterocycles. The Bertz CT molecular complexity index is 792. The number of aryl methyl sites for hydroxylation is 1. The summed E-state index contributed by atoms with van der Waals surface area (Å²) in [7, 11) is 0. The van der Waals surface area contributed by atoms with E-state index in [1.54, 1.807) is 0 Å². The lowest BCUT2D eigenvalue weighted by Crippen LogP contribution is -2.10. The lowest BCUT2D eigenvalue weighted by atomic mass is 9.86. The lowest BCUT2D eigenvalue weighted by molar-refractivity contribution is 0.590. The Morgan fingerprint density at radius 3 is 2.33 bits per heavy atom. The van der Waals surface area contributed by atoms with Gasteiger partial charge in [-0.3, -0.25) is 0 Å². The zero-order valence-electron chi connectivity index (χ0n) is 12.8. The van der Waals surface area contributed by atoms with E-state index < -0.39 is 0 Å². The fourth-order valence-corrected chi connectivity index (χ4v) is 3.07. The first kappa shape index (κ1) is 14.3. The summed E-state index contributed by atoms with van der Waals surface area (Å²) in [6, 6.07) is 10.8. The van der Waals surface area contributed by atoms with Gasteiger partial charge in [-0.15, -0.1) is 0 Å². The highest BCUT2D eigenvalue weighted by molar-refractivity contribution is 9.10. The van der Waals surface area contributed by atoms with Crippen LogP contribution in [0.2, 0.25) is 0 Å². The Kier molecular flexibility index (Phi) is 3.40. The first-order chi connectivity index (χ1) is 9.84. The minimum absolute atomic E-state index is 0.179. The number of fused-ring (bicyclic) bond motifs is 1. The maximum atomic E-state index is 4.76. The van der Waals surface area contributed by atoms with Gasteiger partial charge in [-0.25, -0.2) is 4.98 Å². The standard InChI is InChI=1S/C18H19BrN2/c1-12-9-15(19)10-21-11-16(20-17(12)21)13-5-7-14(8-6-13)18(2,3)4/h5-11H,1-4H3. The SMILES string of the molecule is Cc1cc(Br)cn2cc(-c3ccc(C(C)(C)C)cc3)nc12. The van der Waals surface area contributed by atoms with Gasteiger partial charge in [-0.2, -0.15) is 0 Å². The molecule has 2 aromatic heterocycles. The van der Waals surface area contributed by atoms with Crippen molar-refractivity contribution >= 4 is 21.6 Å². The van der Waals surface area contributed by atoms with Gasteiger partial charge in [0.15, 0.2) is 0 Å². The summed E-state index contributed by atoms with van der Waals surface area (Å²) in [6.45, 7) is 8.77. The van der Waals surface area contributed by atoms with Crippen LogP contribution in [0.15, 0.2) is 47.2 Å². The minimum Gasteiger partial charge on any atom is -0.305 e. The molecule has 0 bridgehead atoms. The summed E-state index contributed by atoms with van der Waals surface area (Å²) < 4.78 is 3.14. The Balaban J connectivity index is 2.06. The molecular formula is C18H19BrN2. The molecule has 3 heteroatoms. The maximum Gasteiger partial charge on any atom is 0.140 e. The number of rotatable bonds is 1. The number of hydrogen-bond donors (Lipinski definition) is 0. The van der Waals surface area contributed by atoms with E-state index >= 15 is 0 Å². The Morgan fingerprint density at radius 1 is 1.05 bits per heavy atom. The zero-order chi connectivity index (χ0) is 15.2. The lowest BCUT2D eigenvalue weighted by Gasteiger charge is -2.18. The number of aromatic nitrogens is 2. The molecule has 0 amide bonds. The van der Waals surface area contributed by atoms with Crippen LogP contribution in [0.4, 0.5) is 0 Å². The molecule has 0 aliphatic carbocycles. The first-order valence-electron chi connectivity index (χ1n) is 7.10. The van der Waals surface area contributed by atoms with Gasteiger partial charge in [0, 0.05) is 22.4 Å². The van der Waals surface area contributed by atoms with E-state index in [0.717, 1.165) is 21.4 Å². The molecule has 0 aliphatic heterocycles. The van der Waals surface area contributed by atoms with Crippen molar-refractivity contribution in [3.63, 3.8) is 0 Å². The third-order valence-corrected chi connectivity index (χ3v) is 4.18. The molecule has 0 radical (unpaired) electrons. The van der Waals surface area contributed by atoms with Crippen LogP contribution in [0.25, 0.3) is 16.9 Å². The summed E-state index contributed by atoms with van der Waals surface area (Å²) >= 11 is 3.53. The van der Waals surface area contributed by atoms with Crippen LogP contribution in [-0.2, 0) is 5.41 Å². The second-order valence-electron chi connectivity index (χ2n) is 6.53. The number of hydrogen-bond acceptors (Lipinski definition) is 1. The highest BCUT2D eigenvalue weighted by Gasteiger charge is 2.14. The van der Waals surface area contributed by atoms with Crippen LogP contribution in [0, 0.1) is 6.92 Å². The predicted molar refractivity (Wildman–Crippen MR) is 91.8 cm³/mol. The van der Waals surface area contributed by atoms with E-state index in [4.69, 9.17) is 4.98 Å². The van der Waals surface area contributed by atoms with Gasteiger partial charge in [-0.1, -0.05) is 45.0 Å². The summed E-state index contributed by atoms with van der Waals surface area (Å²) in [5.41, 5.74) is 5.86. The van der Waals surface area contributed by atoms with Crippen molar-refractivity contribution < 1.29 is 0 Å². The highest BCUT2D eigenvalue weighted by atomic mass is 79.9. The van der Waals surface area contributed by atoms with Crippen molar-refractivity contribution in [1.82, 2.24) is 9.38 Å². The van der Waals surface area contributed by atoms with Gasteiger partial charge >= 0.3 is 0 Å². The largest absolute Gasteiger partial charge is 0.305 e. The Morgan fingerprint density at radius 2 is 1.71 bits per heavy atom. The van der Waals surface area contributed by atoms with E-state index in [-0.39, 0.29) is 5.41 Å². The maximum absolute atomic E-state index is 4.76. The van der Waals surface area contributed by atoms with Gasteiger partial charge in [0.1, 0.15) is 5.65 Å². The molecule has 3 aromatic rings. The van der Waals surface area contributed by atoms with Crippen molar-refractivity contribution in [1.29, 1.82) is 0 Å². The van der Waals surface area contributed by atoms with Gasteiger partial charge < -0.3 is 4.40 Å². The summed E-state index contributed by atoms with van der Waals surface area (Å²) in [4.78, 5) is 4.76. The highest BCUT2D eigenvalue weighted by Crippen LogP contribution is 2.27.